The van der Waals surface area contributed by atoms with Gasteiger partial charge in [-0.25, -0.2) is 0 Å². The lowest BCUT2D eigenvalue weighted by molar-refractivity contribution is 0.0822. The molecule has 4 heterocycles. The molecule has 0 saturated carbocycles. The van der Waals surface area contributed by atoms with Gasteiger partial charge in [-0.1, -0.05) is 0 Å². The Balaban J connectivity index is 0.000000131. The molecule has 4 rings (SSSR count). The molecule has 128 valence electrons. The molecule has 0 spiro atoms. The maximum Gasteiger partial charge on any atom is 0.0783 e. The van der Waals surface area contributed by atoms with Gasteiger partial charge in [-0.05, 0) is 20.5 Å². The molecular formula is C16H32N4O2. The highest BCUT2D eigenvalue weighted by molar-refractivity contribution is 5.01. The van der Waals surface area contributed by atoms with Crippen LogP contribution in [0.2, 0.25) is 0 Å². The lowest BCUT2D eigenvalue weighted by atomic mass is 9.81. The van der Waals surface area contributed by atoms with E-state index in [1.807, 2.05) is 0 Å². The molecule has 4 fully saturated rings. The van der Waals surface area contributed by atoms with Crippen molar-refractivity contribution in [2.24, 2.45) is 28.2 Å². The molecule has 4 unspecified atom stereocenters. The quantitative estimate of drug-likeness (QED) is 0.694. The fraction of sp³-hybridized carbons (Fsp3) is 1.00. The van der Waals surface area contributed by atoms with Crippen LogP contribution < -0.4 is 11.5 Å². The number of likely N-dealkylation sites (tertiary alicyclic amines) is 2. The first-order valence-electron chi connectivity index (χ1n) is 8.50. The van der Waals surface area contributed by atoms with Crippen molar-refractivity contribution in [3.05, 3.63) is 0 Å². The van der Waals surface area contributed by atoms with Crippen LogP contribution >= 0.6 is 0 Å². The molecule has 0 amide bonds. The van der Waals surface area contributed by atoms with E-state index in [0.29, 0.717) is 22.9 Å². The van der Waals surface area contributed by atoms with E-state index in [9.17, 15) is 0 Å². The number of hydrogen-bond acceptors (Lipinski definition) is 6. The Morgan fingerprint density at radius 2 is 1.73 bits per heavy atom. The third-order valence-electron chi connectivity index (χ3n) is 6.17. The van der Waals surface area contributed by atoms with Gasteiger partial charge in [-0.2, -0.15) is 0 Å². The van der Waals surface area contributed by atoms with Gasteiger partial charge in [0.25, 0.3) is 0 Å². The van der Waals surface area contributed by atoms with Crippen LogP contribution in [-0.2, 0) is 9.47 Å². The van der Waals surface area contributed by atoms with Crippen LogP contribution in [0.1, 0.15) is 6.42 Å². The summed E-state index contributed by atoms with van der Waals surface area (Å²) in [6.45, 7) is 8.73. The summed E-state index contributed by atoms with van der Waals surface area (Å²) in [4.78, 5) is 4.68. The molecule has 6 nitrogen and oxygen atoms in total. The Kier molecular flexibility index (Phi) is 4.79. The number of likely N-dealkylation sites (N-methyl/N-ethyl adjacent to an activating group) is 1. The number of rotatable bonds is 2. The predicted octanol–water partition coefficient (Wildman–Crippen LogP) is -0.811. The number of ether oxygens (including phenoxy) is 2. The molecule has 0 bridgehead atoms. The Morgan fingerprint density at radius 1 is 1.05 bits per heavy atom. The van der Waals surface area contributed by atoms with Gasteiger partial charge in [0, 0.05) is 62.6 Å². The molecular weight excluding hydrogens is 280 g/mol. The topological polar surface area (TPSA) is 77.0 Å². The lowest BCUT2D eigenvalue weighted by Crippen LogP contribution is -2.37. The fourth-order valence-electron chi connectivity index (χ4n) is 4.74. The van der Waals surface area contributed by atoms with E-state index in [0.717, 1.165) is 65.5 Å². The Morgan fingerprint density at radius 3 is 2.36 bits per heavy atom. The number of hydrogen-bond donors (Lipinski definition) is 2. The van der Waals surface area contributed by atoms with Crippen LogP contribution in [0.5, 0.6) is 0 Å². The highest BCUT2D eigenvalue weighted by atomic mass is 16.5. The maximum absolute atomic E-state index is 5.77. The number of nitrogens with two attached hydrogens (primary N) is 2. The molecule has 4 aliphatic heterocycles. The molecule has 0 aromatic heterocycles. The first kappa shape index (κ1) is 16.6. The van der Waals surface area contributed by atoms with Gasteiger partial charge in [0.1, 0.15) is 0 Å². The average molecular weight is 312 g/mol. The minimum Gasteiger partial charge on any atom is -0.380 e. The van der Waals surface area contributed by atoms with E-state index >= 15 is 0 Å². The third-order valence-corrected chi connectivity index (χ3v) is 6.17. The third kappa shape index (κ3) is 2.81. The molecule has 4 N–H and O–H groups in total. The molecule has 0 aliphatic carbocycles. The average Bonchev–Trinajstić information content (AvgIpc) is 3.17. The minimum atomic E-state index is 0.300. The van der Waals surface area contributed by atoms with Crippen LogP contribution in [0, 0.1) is 16.7 Å². The van der Waals surface area contributed by atoms with Crippen LogP contribution in [-0.4, -0.2) is 89.1 Å². The summed E-state index contributed by atoms with van der Waals surface area (Å²) in [6, 6.07) is 0. The predicted molar refractivity (Wildman–Crippen MR) is 86.6 cm³/mol. The second-order valence-corrected chi connectivity index (χ2v) is 7.85. The SMILES string of the molecule is CN1CC2COCC2(CN)C1.CN1CC2OCCC2(CN)C1. The van der Waals surface area contributed by atoms with Crippen molar-refractivity contribution in [2.45, 2.75) is 12.5 Å². The van der Waals surface area contributed by atoms with Gasteiger partial charge in [0.15, 0.2) is 0 Å². The smallest absolute Gasteiger partial charge is 0.0783 e. The van der Waals surface area contributed by atoms with Crippen LogP contribution in [0.15, 0.2) is 0 Å². The van der Waals surface area contributed by atoms with Gasteiger partial charge in [0.05, 0.1) is 19.3 Å². The Hall–Kier alpha value is -0.240. The fourth-order valence-corrected chi connectivity index (χ4v) is 4.74. The van der Waals surface area contributed by atoms with E-state index in [1.54, 1.807) is 0 Å². The monoisotopic (exact) mass is 312 g/mol. The van der Waals surface area contributed by atoms with Crippen molar-refractivity contribution >= 4 is 0 Å². The number of fused-ring (bicyclic) bond motifs is 2. The summed E-state index contributed by atoms with van der Waals surface area (Å²) < 4.78 is 11.1. The second kappa shape index (κ2) is 6.34. The zero-order chi connectivity index (χ0) is 15.8. The number of nitrogens with zero attached hydrogens (tertiary/aromatic N) is 2. The summed E-state index contributed by atoms with van der Waals surface area (Å²) in [6.07, 6.45) is 1.57. The van der Waals surface area contributed by atoms with Crippen molar-refractivity contribution in [1.82, 2.24) is 9.80 Å². The largest absolute Gasteiger partial charge is 0.380 e. The van der Waals surface area contributed by atoms with E-state index in [2.05, 4.69) is 23.9 Å². The summed E-state index contributed by atoms with van der Waals surface area (Å²) in [5.41, 5.74) is 12.1. The molecule has 6 heteroatoms. The van der Waals surface area contributed by atoms with Crippen LogP contribution in [0.4, 0.5) is 0 Å². The summed E-state index contributed by atoms with van der Waals surface area (Å²) in [7, 11) is 4.30. The maximum atomic E-state index is 5.77. The molecule has 4 aliphatic rings. The normalized spacial score (nSPS) is 44.7. The van der Waals surface area contributed by atoms with Crippen molar-refractivity contribution in [3.63, 3.8) is 0 Å². The molecule has 4 saturated heterocycles. The molecule has 4 atom stereocenters. The Labute approximate surface area is 134 Å². The van der Waals surface area contributed by atoms with Gasteiger partial charge in [-0.3, -0.25) is 0 Å². The molecule has 0 aromatic carbocycles. The van der Waals surface area contributed by atoms with Crippen molar-refractivity contribution in [2.75, 3.05) is 73.2 Å². The Bertz CT molecular complexity index is 360. The van der Waals surface area contributed by atoms with Crippen molar-refractivity contribution in [1.29, 1.82) is 0 Å². The summed E-state index contributed by atoms with van der Waals surface area (Å²) in [5.74, 6) is 0.692. The second-order valence-electron chi connectivity index (χ2n) is 7.85. The van der Waals surface area contributed by atoms with Crippen LogP contribution in [0.3, 0.4) is 0 Å². The van der Waals surface area contributed by atoms with Gasteiger partial charge in [-0.15, -0.1) is 0 Å². The van der Waals surface area contributed by atoms with Gasteiger partial charge >= 0.3 is 0 Å². The minimum absolute atomic E-state index is 0.300. The van der Waals surface area contributed by atoms with E-state index in [1.165, 1.54) is 0 Å². The zero-order valence-corrected chi connectivity index (χ0v) is 14.1. The summed E-state index contributed by atoms with van der Waals surface area (Å²) >= 11 is 0. The first-order chi connectivity index (χ1) is 10.5. The molecule has 0 radical (unpaired) electrons. The van der Waals surface area contributed by atoms with E-state index < -0.39 is 0 Å². The summed E-state index contributed by atoms with van der Waals surface area (Å²) in [5, 5.41) is 0. The van der Waals surface area contributed by atoms with E-state index in [4.69, 9.17) is 20.9 Å². The van der Waals surface area contributed by atoms with Gasteiger partial charge in [0.2, 0.25) is 0 Å². The van der Waals surface area contributed by atoms with E-state index in [-0.39, 0.29) is 0 Å². The van der Waals surface area contributed by atoms with Crippen molar-refractivity contribution < 1.29 is 9.47 Å². The van der Waals surface area contributed by atoms with Gasteiger partial charge < -0.3 is 30.7 Å². The van der Waals surface area contributed by atoms with Crippen LogP contribution in [0.25, 0.3) is 0 Å². The highest BCUT2D eigenvalue weighted by Gasteiger charge is 2.49. The highest BCUT2D eigenvalue weighted by Crippen LogP contribution is 2.40. The zero-order valence-electron chi connectivity index (χ0n) is 14.1. The first-order valence-corrected chi connectivity index (χ1v) is 8.50. The molecule has 0 aromatic rings. The van der Waals surface area contributed by atoms with Crippen molar-refractivity contribution in [3.8, 4) is 0 Å². The standard InChI is InChI=1S/2C8H16N2O/c1-10-2-7-3-11-6-8(7,4-9)5-10;1-10-4-7-8(5-9,6-10)2-3-11-7/h2*7H,2-6,9H2,1H3. The lowest BCUT2D eigenvalue weighted by Gasteiger charge is -2.24. The molecule has 22 heavy (non-hydrogen) atoms.